The molecule has 4 rings (SSSR count). The number of fused-ring (bicyclic) bond motifs is 3. The third kappa shape index (κ3) is 5.35. The van der Waals surface area contributed by atoms with Crippen molar-refractivity contribution in [2.24, 2.45) is 23.7 Å². The number of halogens is 7. The molecule has 0 aliphatic heterocycles. The quantitative estimate of drug-likeness (QED) is 0.159. The summed E-state index contributed by atoms with van der Waals surface area (Å²) in [7, 11) is 0. The van der Waals surface area contributed by atoms with E-state index in [1.807, 2.05) is 0 Å². The van der Waals surface area contributed by atoms with E-state index >= 15 is 0 Å². The number of allylic oxidation sites excluding steroid dienone is 4. The first kappa shape index (κ1) is 28.4. The number of benzene rings is 1. The second kappa shape index (κ2) is 11.7. The van der Waals surface area contributed by atoms with E-state index in [9.17, 15) is 31.9 Å². The fourth-order valence-electron chi connectivity index (χ4n) is 4.24. The Hall–Kier alpha value is -1.61. The van der Waals surface area contributed by atoms with Gasteiger partial charge in [-0.05, 0) is 5.92 Å². The normalized spacial score (nSPS) is 25.4. The molecule has 0 N–H and O–H groups in total. The van der Waals surface area contributed by atoms with Crippen molar-refractivity contribution in [1.29, 1.82) is 0 Å². The molecule has 0 amide bonds. The average molecular weight is 470 g/mol. The van der Waals surface area contributed by atoms with Crippen molar-refractivity contribution in [3.05, 3.63) is 65.4 Å². The van der Waals surface area contributed by atoms with Gasteiger partial charge in [0.1, 0.15) is 0 Å². The minimum absolute atomic E-state index is 0. The summed E-state index contributed by atoms with van der Waals surface area (Å²) in [5.74, 6) is -10.8. The van der Waals surface area contributed by atoms with Crippen LogP contribution >= 0.6 is 0 Å². The van der Waals surface area contributed by atoms with Gasteiger partial charge in [0.05, 0.1) is 11.5 Å². The summed E-state index contributed by atoms with van der Waals surface area (Å²) in [5.41, 5.74) is -1.97. The number of carboxylic acid groups (broad SMARTS) is 1. The first-order chi connectivity index (χ1) is 12.8. The van der Waals surface area contributed by atoms with Crippen LogP contribution in [0, 0.1) is 59.2 Å². The Bertz CT molecular complexity index is 784. The van der Waals surface area contributed by atoms with Gasteiger partial charge in [0.25, 0.3) is 0 Å². The summed E-state index contributed by atoms with van der Waals surface area (Å²) in [6, 6.07) is 0. The second-order valence-corrected chi connectivity index (χ2v) is 6.96. The maximum absolute atomic E-state index is 12.5. The van der Waals surface area contributed by atoms with Crippen LogP contribution < -0.4 is 14.5 Å². The molecule has 3 aliphatic rings. The van der Waals surface area contributed by atoms with Crippen molar-refractivity contribution in [2.45, 2.75) is 25.7 Å². The zero-order valence-corrected chi connectivity index (χ0v) is 17.0. The largest absolute Gasteiger partial charge is 4.00 e. The van der Waals surface area contributed by atoms with E-state index in [1.54, 1.807) is 0 Å². The molecular weight excluding hydrogens is 453 g/mol. The fourth-order valence-corrected chi connectivity index (χ4v) is 4.24. The fraction of sp³-hybridized carbons (Fsp3) is 0.400. The molecular formula is C20H17F7O2Ti. The van der Waals surface area contributed by atoms with E-state index in [0.717, 1.165) is 23.7 Å². The third-order valence-corrected chi connectivity index (χ3v) is 5.47. The molecule has 0 heterocycles. The molecule has 0 aromatic heterocycles. The summed E-state index contributed by atoms with van der Waals surface area (Å²) in [5, 5.41) is 10.0. The Balaban J connectivity index is 0.000000510. The van der Waals surface area contributed by atoms with Gasteiger partial charge in [-0.25, -0.2) is 22.0 Å². The summed E-state index contributed by atoms with van der Waals surface area (Å²) < 4.78 is 62.0. The molecule has 0 spiro atoms. The van der Waals surface area contributed by atoms with E-state index in [0.29, 0.717) is 0 Å². The standard InChI is InChI=1S/C13H17.C7HF5O2.2FH.Ti/c1-3-7-12-10(5-1)9-11-6-2-4-8-13(11)12;8-2-1(7(13)14)3(9)5(11)6(12)4(2)10;;;/h1,3,5,7,9-13H,2,4,6,8H2;(H,13,14);2*1H;/q-1;;;;+4/p-3. The minimum Gasteiger partial charge on any atom is -1.00 e. The van der Waals surface area contributed by atoms with Gasteiger partial charge in [-0.3, -0.25) is 0 Å². The molecule has 4 atom stereocenters. The Morgan fingerprint density at radius 1 is 0.867 bits per heavy atom. The first-order valence-corrected chi connectivity index (χ1v) is 8.75. The minimum atomic E-state index is -2.47. The Kier molecular flexibility index (Phi) is 11.1. The van der Waals surface area contributed by atoms with Crippen molar-refractivity contribution in [3.8, 4) is 0 Å². The monoisotopic (exact) mass is 470 g/mol. The summed E-state index contributed by atoms with van der Waals surface area (Å²) >= 11 is 0. The van der Waals surface area contributed by atoms with Crippen LogP contribution in [0.4, 0.5) is 22.0 Å². The number of hydrogen-bond donors (Lipinski definition) is 0. The smallest absolute Gasteiger partial charge is 1.00 e. The number of aromatic carboxylic acids is 1. The van der Waals surface area contributed by atoms with E-state index < -0.39 is 40.6 Å². The van der Waals surface area contributed by atoms with Gasteiger partial charge < -0.3 is 25.7 Å². The molecule has 2 nitrogen and oxygen atoms in total. The molecule has 0 radical (unpaired) electrons. The predicted octanol–water partition coefficient (Wildman–Crippen LogP) is -1.88. The van der Waals surface area contributed by atoms with Crippen LogP contribution in [0.3, 0.4) is 0 Å². The Morgan fingerprint density at radius 2 is 1.37 bits per heavy atom. The molecule has 1 aromatic carbocycles. The molecule has 0 bridgehead atoms. The number of hydrogen-bond acceptors (Lipinski definition) is 2. The van der Waals surface area contributed by atoms with Crippen LogP contribution in [-0.2, 0) is 21.7 Å². The molecule has 30 heavy (non-hydrogen) atoms. The van der Waals surface area contributed by atoms with Crippen LogP contribution in [0.1, 0.15) is 36.0 Å². The Labute approximate surface area is 183 Å². The van der Waals surface area contributed by atoms with Crippen molar-refractivity contribution >= 4 is 5.97 Å². The van der Waals surface area contributed by atoms with Crippen molar-refractivity contribution in [2.75, 3.05) is 0 Å². The average Bonchev–Trinajstić information content (AvgIpc) is 3.04. The van der Waals surface area contributed by atoms with Crippen LogP contribution in [-0.4, -0.2) is 5.97 Å². The topological polar surface area (TPSA) is 40.1 Å². The molecule has 162 valence electrons. The van der Waals surface area contributed by atoms with E-state index in [2.05, 4.69) is 30.7 Å². The van der Waals surface area contributed by atoms with Gasteiger partial charge in [0.2, 0.25) is 5.82 Å². The van der Waals surface area contributed by atoms with Gasteiger partial charge in [0.15, 0.2) is 23.3 Å². The van der Waals surface area contributed by atoms with Crippen molar-refractivity contribution in [3.63, 3.8) is 0 Å². The van der Waals surface area contributed by atoms with Crippen LogP contribution in [0.15, 0.2) is 24.3 Å². The van der Waals surface area contributed by atoms with E-state index in [-0.39, 0.29) is 31.1 Å². The van der Waals surface area contributed by atoms with Crippen LogP contribution in [0.25, 0.3) is 0 Å². The van der Waals surface area contributed by atoms with E-state index in [1.165, 1.54) is 25.7 Å². The summed E-state index contributed by atoms with van der Waals surface area (Å²) in [4.78, 5) is 10.0. The van der Waals surface area contributed by atoms with Crippen LogP contribution in [0.5, 0.6) is 0 Å². The van der Waals surface area contributed by atoms with Gasteiger partial charge in [-0.1, -0.05) is 49.8 Å². The van der Waals surface area contributed by atoms with Crippen molar-refractivity contribution < 1.29 is 63.0 Å². The van der Waals surface area contributed by atoms with Crippen molar-refractivity contribution in [1.82, 2.24) is 0 Å². The number of carbonyl (C=O) groups excluding carboxylic acids is 1. The predicted molar refractivity (Wildman–Crippen MR) is 85.6 cm³/mol. The number of rotatable bonds is 1. The molecule has 4 unspecified atom stereocenters. The van der Waals surface area contributed by atoms with E-state index in [4.69, 9.17) is 0 Å². The zero-order chi connectivity index (χ0) is 19.7. The molecule has 2 saturated carbocycles. The van der Waals surface area contributed by atoms with Gasteiger partial charge in [0, 0.05) is 0 Å². The maximum Gasteiger partial charge on any atom is 4.00 e. The molecule has 3 aliphatic carbocycles. The summed E-state index contributed by atoms with van der Waals surface area (Å²) in [6.07, 6.45) is 17.8. The van der Waals surface area contributed by atoms with Gasteiger partial charge in [-0.2, -0.15) is 5.92 Å². The third-order valence-electron chi connectivity index (χ3n) is 5.47. The molecule has 0 saturated heterocycles. The second-order valence-electron chi connectivity index (χ2n) is 6.96. The molecule has 10 heteroatoms. The molecule has 1 aromatic rings. The maximum atomic E-state index is 12.5. The SMILES string of the molecule is C1=CC2[CH-]C3CCCCC3C2C=C1.O=C([O-])c1c(F)c(F)c(F)c(F)c1F.[F-].[F-].[Ti+4]. The van der Waals surface area contributed by atoms with Gasteiger partial charge >= 0.3 is 21.7 Å². The van der Waals surface area contributed by atoms with Gasteiger partial charge in [-0.15, -0.1) is 12.0 Å². The van der Waals surface area contributed by atoms with Crippen LogP contribution in [0.2, 0.25) is 0 Å². The first-order valence-electron chi connectivity index (χ1n) is 8.75. The Morgan fingerprint density at radius 3 is 1.93 bits per heavy atom. The number of carboxylic acids is 1. The summed E-state index contributed by atoms with van der Waals surface area (Å²) in [6.45, 7) is 0. The number of carbonyl (C=O) groups is 1. The zero-order valence-electron chi connectivity index (χ0n) is 15.5. The molecule has 2 fully saturated rings.